The van der Waals surface area contributed by atoms with Crippen LogP contribution in [-0.4, -0.2) is 17.6 Å². The van der Waals surface area contributed by atoms with Gasteiger partial charge in [0.2, 0.25) is 0 Å². The van der Waals surface area contributed by atoms with Crippen LogP contribution in [-0.2, 0) is 19.5 Å². The van der Waals surface area contributed by atoms with Crippen LogP contribution in [0.3, 0.4) is 0 Å². The lowest BCUT2D eigenvalue weighted by Crippen LogP contribution is -2.32. The lowest BCUT2D eigenvalue weighted by Gasteiger charge is -2.32. The zero-order chi connectivity index (χ0) is 21.5. The van der Waals surface area contributed by atoms with Crippen LogP contribution >= 0.6 is 0 Å². The van der Waals surface area contributed by atoms with E-state index < -0.39 is 0 Å². The van der Waals surface area contributed by atoms with Crippen LogP contribution in [0.2, 0.25) is 0 Å². The smallest absolute Gasteiger partial charge is 0.0705 e. The molecule has 1 unspecified atom stereocenters. The molecule has 3 heterocycles. The highest BCUT2D eigenvalue weighted by atomic mass is 15.2. The molecule has 0 aliphatic carbocycles. The fourth-order valence-electron chi connectivity index (χ4n) is 5.54. The van der Waals surface area contributed by atoms with Gasteiger partial charge in [0.05, 0.1) is 16.9 Å². The van der Waals surface area contributed by atoms with Crippen LogP contribution in [0.5, 0.6) is 0 Å². The van der Waals surface area contributed by atoms with E-state index in [2.05, 4.69) is 95.6 Å². The maximum atomic E-state index is 5.18. The molecule has 6 rings (SSSR count). The molecule has 0 saturated carbocycles. The van der Waals surface area contributed by atoms with Crippen molar-refractivity contribution in [2.75, 3.05) is 16.3 Å². The maximum Gasteiger partial charge on any atom is 0.0705 e. The van der Waals surface area contributed by atoms with E-state index in [1.807, 2.05) is 0 Å². The molecule has 2 aliphatic heterocycles. The Balaban J connectivity index is 1.52. The van der Waals surface area contributed by atoms with Crippen molar-refractivity contribution >= 4 is 22.3 Å². The molecule has 0 spiro atoms. The van der Waals surface area contributed by atoms with Crippen molar-refractivity contribution in [2.45, 2.75) is 45.3 Å². The van der Waals surface area contributed by atoms with Gasteiger partial charge in [0.25, 0.3) is 0 Å². The van der Waals surface area contributed by atoms with E-state index in [1.54, 1.807) is 0 Å². The van der Waals surface area contributed by atoms with Gasteiger partial charge >= 0.3 is 0 Å². The van der Waals surface area contributed by atoms with Crippen molar-refractivity contribution in [2.24, 2.45) is 0 Å². The summed E-state index contributed by atoms with van der Waals surface area (Å²) in [5.74, 6) is 0. The largest absolute Gasteiger partial charge is 0.366 e. The Morgan fingerprint density at radius 1 is 0.906 bits per heavy atom. The number of rotatable bonds is 2. The number of hydrogen-bond donors (Lipinski definition) is 0. The zero-order valence-corrected chi connectivity index (χ0v) is 18.7. The van der Waals surface area contributed by atoms with E-state index >= 15 is 0 Å². The molecule has 0 radical (unpaired) electrons. The van der Waals surface area contributed by atoms with Crippen LogP contribution in [0.15, 0.2) is 78.9 Å². The molecule has 2 aliphatic rings. The molecule has 3 nitrogen and oxygen atoms in total. The first kappa shape index (κ1) is 19.4. The number of aromatic nitrogens is 1. The molecule has 1 aromatic heterocycles. The highest BCUT2D eigenvalue weighted by Crippen LogP contribution is 2.39. The number of fused-ring (bicyclic) bond motifs is 5. The molecule has 160 valence electrons. The first-order valence-corrected chi connectivity index (χ1v) is 11.8. The molecule has 4 aromatic rings. The van der Waals surface area contributed by atoms with Crippen LogP contribution in [0.4, 0.5) is 11.4 Å². The Hall–Kier alpha value is -3.33. The first-order valence-electron chi connectivity index (χ1n) is 11.8. The van der Waals surface area contributed by atoms with Gasteiger partial charge in [-0.05, 0) is 55.2 Å². The SMILES string of the molecule is Cc1cccc(CN2Cc3cc4ccccc4nc3CC3CCCN3c3ccccc32)c1. The lowest BCUT2D eigenvalue weighted by molar-refractivity contribution is 0.653. The predicted molar refractivity (Wildman–Crippen MR) is 133 cm³/mol. The van der Waals surface area contributed by atoms with Crippen LogP contribution in [0.25, 0.3) is 10.9 Å². The van der Waals surface area contributed by atoms with E-state index in [0.717, 1.165) is 31.6 Å². The number of anilines is 2. The Morgan fingerprint density at radius 3 is 2.66 bits per heavy atom. The second-order valence-electron chi connectivity index (χ2n) is 9.31. The van der Waals surface area contributed by atoms with Crippen LogP contribution in [0, 0.1) is 6.92 Å². The van der Waals surface area contributed by atoms with E-state index in [9.17, 15) is 0 Å². The van der Waals surface area contributed by atoms with Gasteiger partial charge in [-0.3, -0.25) is 4.98 Å². The molecule has 0 amide bonds. The van der Waals surface area contributed by atoms with Crippen molar-refractivity contribution in [1.29, 1.82) is 0 Å². The fraction of sp³-hybridized carbons (Fsp3) is 0.276. The molecule has 3 aromatic carbocycles. The Morgan fingerprint density at radius 2 is 1.75 bits per heavy atom. The van der Waals surface area contributed by atoms with Crippen LogP contribution < -0.4 is 9.80 Å². The van der Waals surface area contributed by atoms with Crippen molar-refractivity contribution in [3.63, 3.8) is 0 Å². The summed E-state index contributed by atoms with van der Waals surface area (Å²) in [6.07, 6.45) is 3.51. The molecular weight excluding hydrogens is 390 g/mol. The Bertz CT molecular complexity index is 1280. The maximum absolute atomic E-state index is 5.18. The highest BCUT2D eigenvalue weighted by Gasteiger charge is 2.30. The second kappa shape index (κ2) is 7.98. The van der Waals surface area contributed by atoms with Gasteiger partial charge in [-0.2, -0.15) is 0 Å². The minimum absolute atomic E-state index is 0.516. The summed E-state index contributed by atoms with van der Waals surface area (Å²) >= 11 is 0. The quantitative estimate of drug-likeness (QED) is 0.381. The van der Waals surface area contributed by atoms with E-state index in [0.29, 0.717) is 6.04 Å². The molecule has 1 fully saturated rings. The summed E-state index contributed by atoms with van der Waals surface area (Å²) in [6.45, 7) is 5.07. The zero-order valence-electron chi connectivity index (χ0n) is 18.7. The number of aryl methyl sites for hydroxylation is 1. The van der Waals surface area contributed by atoms with Gasteiger partial charge in [-0.15, -0.1) is 0 Å². The monoisotopic (exact) mass is 419 g/mol. The summed E-state index contributed by atoms with van der Waals surface area (Å²) < 4.78 is 0. The average molecular weight is 420 g/mol. The summed E-state index contributed by atoms with van der Waals surface area (Å²) in [6, 6.07) is 29.4. The number of nitrogens with zero attached hydrogens (tertiary/aromatic N) is 3. The average Bonchev–Trinajstić information content (AvgIpc) is 3.27. The molecule has 0 N–H and O–H groups in total. The normalized spacial score (nSPS) is 17.8. The molecule has 0 bridgehead atoms. The molecule has 1 atom stereocenters. The van der Waals surface area contributed by atoms with Gasteiger partial charge in [0, 0.05) is 43.2 Å². The fourth-order valence-corrected chi connectivity index (χ4v) is 5.54. The van der Waals surface area contributed by atoms with Gasteiger partial charge in [-0.25, -0.2) is 0 Å². The summed E-state index contributed by atoms with van der Waals surface area (Å²) in [7, 11) is 0. The van der Waals surface area contributed by atoms with Gasteiger partial charge in [0.15, 0.2) is 0 Å². The van der Waals surface area contributed by atoms with Crippen LogP contribution in [0.1, 0.15) is 35.2 Å². The van der Waals surface area contributed by atoms with Crippen molar-refractivity contribution < 1.29 is 0 Å². The Kier molecular flexibility index (Phi) is 4.83. The van der Waals surface area contributed by atoms with Crippen molar-refractivity contribution in [3.05, 3.63) is 101 Å². The van der Waals surface area contributed by atoms with Crippen molar-refractivity contribution in [3.8, 4) is 0 Å². The predicted octanol–water partition coefficient (Wildman–Crippen LogP) is 6.27. The molecular formula is C29H29N3. The number of para-hydroxylation sites is 3. The van der Waals surface area contributed by atoms with Gasteiger partial charge in [0.1, 0.15) is 0 Å². The topological polar surface area (TPSA) is 19.4 Å². The van der Waals surface area contributed by atoms with E-state index in [-0.39, 0.29) is 0 Å². The molecule has 3 heteroatoms. The van der Waals surface area contributed by atoms with Gasteiger partial charge in [-0.1, -0.05) is 60.2 Å². The third-order valence-corrected chi connectivity index (χ3v) is 7.05. The summed E-state index contributed by atoms with van der Waals surface area (Å²) in [4.78, 5) is 10.4. The molecule has 1 saturated heterocycles. The number of pyridine rings is 1. The highest BCUT2D eigenvalue weighted by molar-refractivity contribution is 5.80. The van der Waals surface area contributed by atoms with Gasteiger partial charge < -0.3 is 9.80 Å². The number of benzene rings is 3. The summed E-state index contributed by atoms with van der Waals surface area (Å²) in [5.41, 5.74) is 9.11. The summed E-state index contributed by atoms with van der Waals surface area (Å²) in [5, 5.41) is 1.23. The second-order valence-corrected chi connectivity index (χ2v) is 9.31. The third-order valence-electron chi connectivity index (χ3n) is 7.05. The third kappa shape index (κ3) is 3.52. The Labute approximate surface area is 190 Å². The van der Waals surface area contributed by atoms with E-state index in [4.69, 9.17) is 4.98 Å². The minimum atomic E-state index is 0.516. The van der Waals surface area contributed by atoms with E-state index in [1.165, 1.54) is 52.0 Å². The lowest BCUT2D eigenvalue weighted by atomic mass is 10.0. The standard InChI is InChI=1S/C29H29N3/c1-21-8-6-9-22(16-21)19-31-20-24-17-23-10-2-3-12-26(23)30-27(24)18-25-11-7-15-32(25)29-14-5-4-13-28(29)31/h2-6,8-10,12-14,16-17,25H,7,11,15,18-20H2,1H3. The number of hydrogen-bond acceptors (Lipinski definition) is 3. The molecule has 32 heavy (non-hydrogen) atoms. The first-order chi connectivity index (χ1) is 15.7. The minimum Gasteiger partial charge on any atom is -0.366 e. The van der Waals surface area contributed by atoms with Crippen molar-refractivity contribution in [1.82, 2.24) is 4.98 Å².